The van der Waals surface area contributed by atoms with Crippen molar-refractivity contribution in [3.05, 3.63) is 40.2 Å². The molecule has 0 saturated carbocycles. The number of piperidine rings is 1. The van der Waals surface area contributed by atoms with Crippen molar-refractivity contribution in [2.75, 3.05) is 6.54 Å². The number of benzene rings is 1. The molecule has 0 spiro atoms. The third kappa shape index (κ3) is 4.68. The van der Waals surface area contributed by atoms with E-state index in [-0.39, 0.29) is 36.2 Å². The van der Waals surface area contributed by atoms with Crippen LogP contribution < -0.4 is 0 Å². The van der Waals surface area contributed by atoms with E-state index in [1.165, 1.54) is 23.6 Å². The molecule has 1 aromatic carbocycles. The third-order valence-corrected chi connectivity index (χ3v) is 5.30. The van der Waals surface area contributed by atoms with Crippen molar-refractivity contribution in [1.29, 1.82) is 0 Å². The molecule has 0 unspecified atom stereocenters. The van der Waals surface area contributed by atoms with E-state index < -0.39 is 17.6 Å². The molecule has 2 aromatic rings. The van der Waals surface area contributed by atoms with E-state index in [0.717, 1.165) is 24.2 Å². The summed E-state index contributed by atoms with van der Waals surface area (Å²) < 4.78 is 32.9. The van der Waals surface area contributed by atoms with Gasteiger partial charge in [0.2, 0.25) is 5.91 Å². The summed E-state index contributed by atoms with van der Waals surface area (Å²) in [5.74, 6) is -1.75. The van der Waals surface area contributed by atoms with Crippen molar-refractivity contribution >= 4 is 23.2 Å². The molecule has 0 aliphatic carbocycles. The Morgan fingerprint density at radius 2 is 2.07 bits per heavy atom. The lowest BCUT2D eigenvalue weighted by atomic mass is 10.1. The molecule has 144 valence electrons. The minimum Gasteiger partial charge on any atom is -0.458 e. The molecule has 1 aliphatic rings. The van der Waals surface area contributed by atoms with Gasteiger partial charge < -0.3 is 9.64 Å². The summed E-state index contributed by atoms with van der Waals surface area (Å²) in [6, 6.07) is 3.41. The summed E-state index contributed by atoms with van der Waals surface area (Å²) in [5, 5.41) is 1.97. The fourth-order valence-corrected chi connectivity index (χ4v) is 3.78. The van der Waals surface area contributed by atoms with Gasteiger partial charge in [-0.15, -0.1) is 11.3 Å². The molecule has 8 heteroatoms. The van der Waals surface area contributed by atoms with Crippen LogP contribution in [0.15, 0.2) is 23.6 Å². The zero-order chi connectivity index (χ0) is 19.4. The first-order valence-electron chi connectivity index (χ1n) is 8.79. The number of rotatable bonds is 6. The van der Waals surface area contributed by atoms with Crippen LogP contribution in [0.25, 0.3) is 11.3 Å². The van der Waals surface area contributed by atoms with E-state index >= 15 is 0 Å². The first kappa shape index (κ1) is 19.4. The Morgan fingerprint density at radius 3 is 2.78 bits per heavy atom. The van der Waals surface area contributed by atoms with Gasteiger partial charge in [-0.3, -0.25) is 9.59 Å². The average molecular weight is 394 g/mol. The Hall–Kier alpha value is -2.35. The minimum atomic E-state index is -0.691. The van der Waals surface area contributed by atoms with Gasteiger partial charge in [-0.25, -0.2) is 13.8 Å². The smallest absolute Gasteiger partial charge is 0.308 e. The topological polar surface area (TPSA) is 59.5 Å². The summed E-state index contributed by atoms with van der Waals surface area (Å²) in [6.07, 6.45) is 2.46. The first-order chi connectivity index (χ1) is 13.0. The lowest BCUT2D eigenvalue weighted by molar-refractivity contribution is -0.147. The van der Waals surface area contributed by atoms with Gasteiger partial charge in [-0.2, -0.15) is 0 Å². The molecule has 3 rings (SSSR count). The number of hydrogen-bond donors (Lipinski definition) is 0. The molecule has 0 radical (unpaired) electrons. The molecule has 27 heavy (non-hydrogen) atoms. The minimum absolute atomic E-state index is 0.0676. The van der Waals surface area contributed by atoms with Gasteiger partial charge in [-0.05, 0) is 31.9 Å². The molecular weight excluding hydrogens is 374 g/mol. The Bertz CT molecular complexity index is 820. The lowest BCUT2D eigenvalue weighted by Gasteiger charge is -2.32. The van der Waals surface area contributed by atoms with Crippen LogP contribution in [0.3, 0.4) is 0 Å². The van der Waals surface area contributed by atoms with Crippen LogP contribution >= 0.6 is 11.3 Å². The zero-order valence-electron chi connectivity index (χ0n) is 14.9. The molecular formula is C19H20F2N2O3S. The largest absolute Gasteiger partial charge is 0.458 e. The Labute approximate surface area is 160 Å². The van der Waals surface area contributed by atoms with E-state index in [1.54, 1.807) is 4.90 Å². The normalized spacial score (nSPS) is 15.7. The third-order valence-electron chi connectivity index (χ3n) is 4.48. The standard InChI is InChI=1S/C19H20F2N2O3S/c1-12(23-8-3-2-7-17(23)24)9-18(25)26-10-16-22-15(11-27-16)19-13(20)5-4-6-14(19)21/h4-6,11-12H,2-3,7-10H2,1H3/t12-/m1/s1. The quantitative estimate of drug-likeness (QED) is 0.697. The highest BCUT2D eigenvalue weighted by atomic mass is 32.1. The van der Waals surface area contributed by atoms with E-state index in [1.807, 2.05) is 6.92 Å². The van der Waals surface area contributed by atoms with Gasteiger partial charge in [0.15, 0.2) is 0 Å². The van der Waals surface area contributed by atoms with Crippen molar-refractivity contribution in [3.63, 3.8) is 0 Å². The molecule has 1 fully saturated rings. The van der Waals surface area contributed by atoms with E-state index in [4.69, 9.17) is 4.74 Å². The van der Waals surface area contributed by atoms with Crippen LogP contribution in [0, 0.1) is 11.6 Å². The van der Waals surface area contributed by atoms with Crippen LogP contribution in [0.4, 0.5) is 8.78 Å². The van der Waals surface area contributed by atoms with Crippen molar-refractivity contribution in [2.45, 2.75) is 45.3 Å². The predicted molar refractivity (Wildman–Crippen MR) is 96.9 cm³/mol. The second-order valence-electron chi connectivity index (χ2n) is 6.48. The number of amides is 1. The highest BCUT2D eigenvalue weighted by Gasteiger charge is 2.25. The van der Waals surface area contributed by atoms with E-state index in [0.29, 0.717) is 18.0 Å². The van der Waals surface area contributed by atoms with Gasteiger partial charge >= 0.3 is 5.97 Å². The van der Waals surface area contributed by atoms with Crippen LogP contribution in [-0.2, 0) is 20.9 Å². The molecule has 0 N–H and O–H groups in total. The maximum Gasteiger partial charge on any atom is 0.308 e. The highest BCUT2D eigenvalue weighted by Crippen LogP contribution is 2.27. The molecule has 1 aromatic heterocycles. The van der Waals surface area contributed by atoms with Crippen LogP contribution in [0.2, 0.25) is 0 Å². The first-order valence-corrected chi connectivity index (χ1v) is 9.67. The van der Waals surface area contributed by atoms with Crippen LogP contribution in [0.5, 0.6) is 0 Å². The number of aromatic nitrogens is 1. The summed E-state index contributed by atoms with van der Waals surface area (Å²) in [7, 11) is 0. The van der Waals surface area contributed by atoms with Crippen molar-refractivity contribution < 1.29 is 23.1 Å². The summed E-state index contributed by atoms with van der Waals surface area (Å²) >= 11 is 1.16. The van der Waals surface area contributed by atoms with Gasteiger partial charge in [0.1, 0.15) is 23.2 Å². The van der Waals surface area contributed by atoms with Gasteiger partial charge in [0.05, 0.1) is 17.7 Å². The van der Waals surface area contributed by atoms with Crippen molar-refractivity contribution in [2.24, 2.45) is 0 Å². The molecule has 1 saturated heterocycles. The number of carbonyl (C=O) groups excluding carboxylic acids is 2. The fourth-order valence-electron chi connectivity index (χ4n) is 3.08. The predicted octanol–water partition coefficient (Wildman–Crippen LogP) is 3.92. The highest BCUT2D eigenvalue weighted by molar-refractivity contribution is 7.09. The van der Waals surface area contributed by atoms with E-state index in [9.17, 15) is 18.4 Å². The maximum atomic E-state index is 13.8. The average Bonchev–Trinajstić information content (AvgIpc) is 3.08. The van der Waals surface area contributed by atoms with E-state index in [2.05, 4.69) is 4.98 Å². The molecule has 1 amide bonds. The maximum absolute atomic E-state index is 13.8. The number of carbonyl (C=O) groups is 2. The Morgan fingerprint density at radius 1 is 1.33 bits per heavy atom. The van der Waals surface area contributed by atoms with Gasteiger partial charge in [0.25, 0.3) is 0 Å². The fraction of sp³-hybridized carbons (Fsp3) is 0.421. The Balaban J connectivity index is 1.55. The van der Waals surface area contributed by atoms with Gasteiger partial charge in [0, 0.05) is 24.4 Å². The second-order valence-corrected chi connectivity index (χ2v) is 7.42. The summed E-state index contributed by atoms with van der Waals surface area (Å²) in [4.78, 5) is 29.8. The van der Waals surface area contributed by atoms with Gasteiger partial charge in [-0.1, -0.05) is 6.07 Å². The molecule has 1 atom stereocenters. The molecule has 1 aliphatic heterocycles. The monoisotopic (exact) mass is 394 g/mol. The number of hydrogen-bond acceptors (Lipinski definition) is 5. The van der Waals surface area contributed by atoms with Crippen molar-refractivity contribution in [3.8, 4) is 11.3 Å². The summed E-state index contributed by atoms with van der Waals surface area (Å²) in [6.45, 7) is 2.42. The lowest BCUT2D eigenvalue weighted by Crippen LogP contribution is -2.42. The number of halogens is 2. The number of nitrogens with zero attached hydrogens (tertiary/aromatic N) is 2. The second kappa shape index (κ2) is 8.56. The number of likely N-dealkylation sites (tertiary alicyclic amines) is 1. The number of esters is 1. The zero-order valence-corrected chi connectivity index (χ0v) is 15.7. The molecule has 0 bridgehead atoms. The summed E-state index contributed by atoms with van der Waals surface area (Å²) in [5.41, 5.74) is -0.0162. The van der Waals surface area contributed by atoms with Crippen LogP contribution in [0.1, 0.15) is 37.6 Å². The molecule has 2 heterocycles. The Kier molecular flexibility index (Phi) is 6.15. The van der Waals surface area contributed by atoms with Crippen molar-refractivity contribution in [1.82, 2.24) is 9.88 Å². The molecule has 5 nitrogen and oxygen atoms in total. The van der Waals surface area contributed by atoms with Crippen LogP contribution in [-0.4, -0.2) is 34.3 Å². The number of thiazole rings is 1. The number of ether oxygens (including phenoxy) is 1. The SMILES string of the molecule is C[C@H](CC(=O)OCc1nc(-c2c(F)cccc2F)cs1)N1CCCCC1=O.